The van der Waals surface area contributed by atoms with Crippen LogP contribution in [0.1, 0.15) is 0 Å². The van der Waals surface area contributed by atoms with Gasteiger partial charge in [0.1, 0.15) is 0 Å². The SMILES string of the molecule is COP(=O)(F)C(F)(F)F. The van der Waals surface area contributed by atoms with Gasteiger partial charge in [-0.1, -0.05) is 0 Å². The maximum absolute atomic E-state index is 11.5. The molecule has 0 saturated heterocycles. The van der Waals surface area contributed by atoms with Crippen molar-refractivity contribution in [3.8, 4) is 0 Å². The fraction of sp³-hybridized carbons (Fsp3) is 1.00. The summed E-state index contributed by atoms with van der Waals surface area (Å²) in [5, 5.41) is 0. The van der Waals surface area contributed by atoms with Gasteiger partial charge in [-0.25, -0.2) is 4.57 Å². The van der Waals surface area contributed by atoms with E-state index in [0.717, 1.165) is 0 Å². The molecule has 0 heterocycles. The highest BCUT2D eigenvalue weighted by Crippen LogP contribution is 2.62. The van der Waals surface area contributed by atoms with E-state index in [4.69, 9.17) is 0 Å². The zero-order valence-corrected chi connectivity index (χ0v) is 5.17. The Balaban J connectivity index is 4.35. The number of alkyl halides is 3. The van der Waals surface area contributed by atoms with Crippen molar-refractivity contribution in [2.75, 3.05) is 7.11 Å². The molecule has 0 aliphatic carbocycles. The molecule has 0 aliphatic heterocycles. The van der Waals surface area contributed by atoms with Crippen molar-refractivity contribution in [2.24, 2.45) is 0 Å². The van der Waals surface area contributed by atoms with Gasteiger partial charge in [-0.05, 0) is 0 Å². The molecular weight excluding hydrogens is 163 g/mol. The van der Waals surface area contributed by atoms with E-state index >= 15 is 0 Å². The van der Waals surface area contributed by atoms with E-state index < -0.39 is 13.6 Å². The monoisotopic (exact) mass is 166 g/mol. The first-order chi connectivity index (χ1) is 3.81. The van der Waals surface area contributed by atoms with Crippen LogP contribution in [0.5, 0.6) is 0 Å². The van der Waals surface area contributed by atoms with Gasteiger partial charge in [0.05, 0.1) is 0 Å². The lowest BCUT2D eigenvalue weighted by molar-refractivity contribution is -0.0636. The van der Waals surface area contributed by atoms with Crippen LogP contribution in [0.15, 0.2) is 0 Å². The molecule has 0 fully saturated rings. The Morgan fingerprint density at radius 3 is 1.78 bits per heavy atom. The first-order valence-corrected chi connectivity index (χ1v) is 3.25. The third-order valence-electron chi connectivity index (χ3n) is 0.538. The van der Waals surface area contributed by atoms with Crippen LogP contribution in [0.25, 0.3) is 0 Å². The van der Waals surface area contributed by atoms with Crippen LogP contribution in [0.4, 0.5) is 17.4 Å². The lowest BCUT2D eigenvalue weighted by Crippen LogP contribution is -2.05. The van der Waals surface area contributed by atoms with Crippen LogP contribution in [0.3, 0.4) is 0 Å². The highest BCUT2D eigenvalue weighted by Gasteiger charge is 2.53. The van der Waals surface area contributed by atoms with Gasteiger partial charge in [0, 0.05) is 7.11 Å². The molecule has 0 amide bonds. The number of hydrogen-bond donors (Lipinski definition) is 0. The summed E-state index contributed by atoms with van der Waals surface area (Å²) in [5.41, 5.74) is 0. The van der Waals surface area contributed by atoms with Crippen molar-refractivity contribution < 1.29 is 26.5 Å². The molecule has 9 heavy (non-hydrogen) atoms. The van der Waals surface area contributed by atoms with E-state index in [0.29, 0.717) is 7.11 Å². The van der Waals surface area contributed by atoms with E-state index in [-0.39, 0.29) is 0 Å². The first kappa shape index (κ1) is 8.91. The molecule has 0 aliphatic rings. The van der Waals surface area contributed by atoms with Gasteiger partial charge in [-0.2, -0.15) is 13.2 Å². The van der Waals surface area contributed by atoms with Gasteiger partial charge in [0.25, 0.3) is 0 Å². The van der Waals surface area contributed by atoms with Gasteiger partial charge in [-0.3, -0.25) is 0 Å². The fourth-order valence-corrected chi connectivity index (χ4v) is 0.311. The van der Waals surface area contributed by atoms with E-state index in [1.807, 2.05) is 0 Å². The van der Waals surface area contributed by atoms with E-state index in [9.17, 15) is 21.9 Å². The average molecular weight is 166 g/mol. The molecule has 0 spiro atoms. The lowest BCUT2D eigenvalue weighted by Gasteiger charge is -2.08. The molecule has 0 rings (SSSR count). The minimum Gasteiger partial charge on any atom is -0.303 e. The summed E-state index contributed by atoms with van der Waals surface area (Å²) in [6, 6.07) is 0. The van der Waals surface area contributed by atoms with Gasteiger partial charge in [-0.15, -0.1) is 4.20 Å². The highest BCUT2D eigenvalue weighted by atomic mass is 31.2. The van der Waals surface area contributed by atoms with Gasteiger partial charge in [0.15, 0.2) is 0 Å². The normalized spacial score (nSPS) is 19.2. The summed E-state index contributed by atoms with van der Waals surface area (Å²) < 4.78 is 57.4. The molecule has 0 N–H and O–H groups in total. The molecule has 1 unspecified atom stereocenters. The van der Waals surface area contributed by atoms with Gasteiger partial charge in [0.2, 0.25) is 0 Å². The van der Waals surface area contributed by atoms with Crippen molar-refractivity contribution in [1.29, 1.82) is 0 Å². The second-order valence-corrected chi connectivity index (χ2v) is 2.96. The molecule has 0 bridgehead atoms. The topological polar surface area (TPSA) is 26.3 Å². The lowest BCUT2D eigenvalue weighted by atomic mass is 11.6. The standard InChI is InChI=1S/C2H3F4O2P/c1-8-9(6,7)2(3,4)5/h1H3. The Kier molecular flexibility index (Phi) is 2.24. The van der Waals surface area contributed by atoms with Crippen molar-refractivity contribution in [2.45, 2.75) is 5.92 Å². The van der Waals surface area contributed by atoms with Crippen LogP contribution in [0.2, 0.25) is 0 Å². The van der Waals surface area contributed by atoms with Crippen molar-refractivity contribution in [3.63, 3.8) is 0 Å². The van der Waals surface area contributed by atoms with E-state index in [1.54, 1.807) is 0 Å². The number of rotatable bonds is 1. The molecule has 0 aromatic rings. The Bertz CT molecular complexity index is 140. The predicted molar refractivity (Wildman–Crippen MR) is 21.8 cm³/mol. The molecule has 7 heteroatoms. The molecule has 2 nitrogen and oxygen atoms in total. The van der Waals surface area contributed by atoms with Crippen LogP contribution < -0.4 is 0 Å². The van der Waals surface area contributed by atoms with Gasteiger partial charge >= 0.3 is 13.6 Å². The van der Waals surface area contributed by atoms with Crippen LogP contribution in [-0.2, 0) is 9.09 Å². The highest BCUT2D eigenvalue weighted by molar-refractivity contribution is 7.54. The summed E-state index contributed by atoms with van der Waals surface area (Å²) in [6.07, 6.45) is 0. The third kappa shape index (κ3) is 1.95. The maximum atomic E-state index is 11.5. The molecule has 0 aromatic carbocycles. The molecule has 0 saturated carbocycles. The predicted octanol–water partition coefficient (Wildman–Crippen LogP) is 2.32. The minimum absolute atomic E-state index is 0.397. The summed E-state index contributed by atoms with van der Waals surface area (Å²) in [5.74, 6) is -5.39. The van der Waals surface area contributed by atoms with E-state index in [2.05, 4.69) is 4.52 Å². The van der Waals surface area contributed by atoms with Crippen molar-refractivity contribution in [3.05, 3.63) is 0 Å². The first-order valence-electron chi connectivity index (χ1n) is 1.73. The minimum atomic E-state index is -5.86. The Morgan fingerprint density at radius 1 is 1.44 bits per heavy atom. The smallest absolute Gasteiger partial charge is 0.303 e. The quantitative estimate of drug-likeness (QED) is 0.441. The molecular formula is C2H3F4O2P. The summed E-state index contributed by atoms with van der Waals surface area (Å²) in [7, 11) is -5.46. The van der Waals surface area contributed by atoms with E-state index in [1.165, 1.54) is 0 Å². The van der Waals surface area contributed by atoms with Gasteiger partial charge < -0.3 is 4.52 Å². The number of hydrogen-bond acceptors (Lipinski definition) is 2. The second kappa shape index (κ2) is 2.27. The van der Waals surface area contributed by atoms with Crippen LogP contribution in [0, 0.1) is 0 Å². The van der Waals surface area contributed by atoms with Crippen LogP contribution >= 0.6 is 7.68 Å². The molecule has 1 atom stereocenters. The maximum Gasteiger partial charge on any atom is 0.498 e. The summed E-state index contributed by atoms with van der Waals surface area (Å²) in [4.78, 5) is 0. The molecule has 0 aromatic heterocycles. The Morgan fingerprint density at radius 2 is 1.78 bits per heavy atom. The second-order valence-electron chi connectivity index (χ2n) is 1.13. The Labute approximate surface area is 48.4 Å². The molecule has 0 radical (unpaired) electrons. The van der Waals surface area contributed by atoms with Crippen molar-refractivity contribution in [1.82, 2.24) is 0 Å². The largest absolute Gasteiger partial charge is 0.498 e. The number of halogens is 4. The zero-order valence-electron chi connectivity index (χ0n) is 4.28. The molecule has 56 valence electrons. The zero-order chi connectivity index (χ0) is 7.71. The Hall–Kier alpha value is -0.0900. The fourth-order valence-electron chi connectivity index (χ4n) is 0.104. The summed E-state index contributed by atoms with van der Waals surface area (Å²) in [6.45, 7) is 0. The average Bonchev–Trinajstić information content (AvgIpc) is 1.64. The van der Waals surface area contributed by atoms with Crippen molar-refractivity contribution >= 4 is 7.68 Å². The summed E-state index contributed by atoms with van der Waals surface area (Å²) >= 11 is 0. The van der Waals surface area contributed by atoms with Crippen LogP contribution in [-0.4, -0.2) is 13.0 Å². The third-order valence-corrected chi connectivity index (χ3v) is 1.61.